The van der Waals surface area contributed by atoms with E-state index in [1.54, 1.807) is 0 Å². The largest absolute Gasteiger partial charge is 0.379 e. The van der Waals surface area contributed by atoms with Crippen LogP contribution in [0.25, 0.3) is 0 Å². The van der Waals surface area contributed by atoms with E-state index in [4.69, 9.17) is 10.5 Å². The minimum atomic E-state index is -0.344. The van der Waals surface area contributed by atoms with Crippen LogP contribution in [0.15, 0.2) is 0 Å². The Morgan fingerprint density at radius 3 is 2.80 bits per heavy atom. The normalized spacial score (nSPS) is 30.9. The molecule has 0 aromatic rings. The quantitative estimate of drug-likeness (QED) is 0.708. The first kappa shape index (κ1) is 11.0. The second-order valence-corrected chi connectivity index (χ2v) is 4.94. The molecule has 2 N–H and O–H groups in total. The fourth-order valence-corrected chi connectivity index (χ4v) is 2.52. The highest BCUT2D eigenvalue weighted by Gasteiger charge is 2.47. The Bertz CT molecular complexity index is 245. The summed E-state index contributed by atoms with van der Waals surface area (Å²) in [7, 11) is 2.08. The SMILES string of the molecule is CN1CCCC(C(=O)C2(CN)COC2)C1. The van der Waals surface area contributed by atoms with Gasteiger partial charge in [-0.25, -0.2) is 0 Å². The van der Waals surface area contributed by atoms with Crippen molar-refractivity contribution >= 4 is 5.78 Å². The molecule has 15 heavy (non-hydrogen) atoms. The molecule has 2 saturated heterocycles. The highest BCUT2D eigenvalue weighted by atomic mass is 16.5. The van der Waals surface area contributed by atoms with Crippen LogP contribution < -0.4 is 5.73 Å². The number of nitrogens with zero attached hydrogens (tertiary/aromatic N) is 1. The van der Waals surface area contributed by atoms with Crippen LogP contribution in [0.4, 0.5) is 0 Å². The average Bonchev–Trinajstić information content (AvgIpc) is 2.17. The molecule has 0 aromatic carbocycles. The molecular weight excluding hydrogens is 192 g/mol. The van der Waals surface area contributed by atoms with Gasteiger partial charge in [0.25, 0.3) is 0 Å². The summed E-state index contributed by atoms with van der Waals surface area (Å²) in [6.07, 6.45) is 2.14. The lowest BCUT2D eigenvalue weighted by atomic mass is 9.74. The Kier molecular flexibility index (Phi) is 3.09. The number of piperidine rings is 1. The second kappa shape index (κ2) is 4.20. The molecule has 2 aliphatic heterocycles. The van der Waals surface area contributed by atoms with Crippen molar-refractivity contribution in [2.75, 3.05) is 39.9 Å². The maximum Gasteiger partial charge on any atom is 0.149 e. The average molecular weight is 212 g/mol. The third kappa shape index (κ3) is 1.94. The molecule has 0 saturated carbocycles. The summed E-state index contributed by atoms with van der Waals surface area (Å²) in [5.41, 5.74) is 5.35. The van der Waals surface area contributed by atoms with Crippen LogP contribution in [0.1, 0.15) is 12.8 Å². The topological polar surface area (TPSA) is 55.6 Å². The molecule has 4 nitrogen and oxygen atoms in total. The fraction of sp³-hybridized carbons (Fsp3) is 0.909. The lowest BCUT2D eigenvalue weighted by Crippen LogP contribution is -2.57. The summed E-state index contributed by atoms with van der Waals surface area (Å²) in [5, 5.41) is 0. The standard InChI is InChI=1S/C11H20N2O2/c1-13-4-2-3-9(5-13)10(14)11(6-12)7-15-8-11/h9H,2-8,12H2,1H3. The van der Waals surface area contributed by atoms with E-state index in [2.05, 4.69) is 11.9 Å². The molecule has 0 radical (unpaired) electrons. The van der Waals surface area contributed by atoms with Gasteiger partial charge in [0.2, 0.25) is 0 Å². The Labute approximate surface area is 90.8 Å². The van der Waals surface area contributed by atoms with Crippen LogP contribution in [0.2, 0.25) is 0 Å². The van der Waals surface area contributed by atoms with Gasteiger partial charge in [0, 0.05) is 19.0 Å². The van der Waals surface area contributed by atoms with Gasteiger partial charge in [-0.15, -0.1) is 0 Å². The number of Topliss-reactive ketones (excluding diaryl/α,β-unsaturated/α-hetero) is 1. The summed E-state index contributed by atoms with van der Waals surface area (Å²) in [4.78, 5) is 14.5. The van der Waals surface area contributed by atoms with Gasteiger partial charge in [0.05, 0.1) is 18.6 Å². The minimum absolute atomic E-state index is 0.177. The maximum absolute atomic E-state index is 12.3. The molecule has 0 amide bonds. The third-order valence-corrected chi connectivity index (χ3v) is 3.67. The number of hydrogen-bond acceptors (Lipinski definition) is 4. The van der Waals surface area contributed by atoms with Crippen molar-refractivity contribution < 1.29 is 9.53 Å². The number of nitrogens with two attached hydrogens (primary N) is 1. The van der Waals surface area contributed by atoms with Crippen LogP contribution >= 0.6 is 0 Å². The number of likely N-dealkylation sites (tertiary alicyclic amines) is 1. The fourth-order valence-electron chi connectivity index (χ4n) is 2.52. The number of rotatable bonds is 3. The lowest BCUT2D eigenvalue weighted by Gasteiger charge is -2.42. The smallest absolute Gasteiger partial charge is 0.149 e. The van der Waals surface area contributed by atoms with Crippen LogP contribution in [-0.4, -0.2) is 50.6 Å². The Balaban J connectivity index is 2.00. The van der Waals surface area contributed by atoms with Crippen molar-refractivity contribution in [1.29, 1.82) is 0 Å². The van der Waals surface area contributed by atoms with E-state index < -0.39 is 0 Å². The van der Waals surface area contributed by atoms with Crippen molar-refractivity contribution in [3.63, 3.8) is 0 Å². The van der Waals surface area contributed by atoms with Crippen molar-refractivity contribution in [3.8, 4) is 0 Å². The van der Waals surface area contributed by atoms with Gasteiger partial charge >= 0.3 is 0 Å². The first-order valence-corrected chi connectivity index (χ1v) is 5.69. The molecule has 2 fully saturated rings. The molecular formula is C11H20N2O2. The van der Waals surface area contributed by atoms with Gasteiger partial charge in [-0.2, -0.15) is 0 Å². The lowest BCUT2D eigenvalue weighted by molar-refractivity contribution is -0.162. The maximum atomic E-state index is 12.3. The predicted octanol–water partition coefficient (Wildman–Crippen LogP) is -0.127. The first-order valence-electron chi connectivity index (χ1n) is 5.69. The van der Waals surface area contributed by atoms with Crippen LogP contribution in [0.5, 0.6) is 0 Å². The van der Waals surface area contributed by atoms with Gasteiger partial charge in [0.15, 0.2) is 0 Å². The van der Waals surface area contributed by atoms with Crippen LogP contribution in [-0.2, 0) is 9.53 Å². The summed E-state index contributed by atoms with van der Waals surface area (Å²) in [6.45, 7) is 3.49. The van der Waals surface area contributed by atoms with Crippen molar-refractivity contribution in [3.05, 3.63) is 0 Å². The van der Waals surface area contributed by atoms with E-state index in [9.17, 15) is 4.79 Å². The molecule has 1 atom stereocenters. The Morgan fingerprint density at radius 1 is 1.60 bits per heavy atom. The van der Waals surface area contributed by atoms with Gasteiger partial charge in [-0.05, 0) is 26.4 Å². The number of hydrogen-bond donors (Lipinski definition) is 1. The molecule has 0 spiro atoms. The molecule has 0 bridgehead atoms. The van der Waals surface area contributed by atoms with Gasteiger partial charge < -0.3 is 15.4 Å². The van der Waals surface area contributed by atoms with E-state index in [-0.39, 0.29) is 11.3 Å². The van der Waals surface area contributed by atoms with Crippen LogP contribution in [0, 0.1) is 11.3 Å². The molecule has 2 heterocycles. The van der Waals surface area contributed by atoms with Gasteiger partial charge in [-0.1, -0.05) is 0 Å². The van der Waals surface area contributed by atoms with E-state index in [0.717, 1.165) is 25.9 Å². The summed E-state index contributed by atoms with van der Waals surface area (Å²) in [5.74, 6) is 0.513. The zero-order valence-corrected chi connectivity index (χ0v) is 9.37. The molecule has 0 aliphatic carbocycles. The third-order valence-electron chi connectivity index (χ3n) is 3.67. The molecule has 86 valence electrons. The van der Waals surface area contributed by atoms with E-state index in [1.165, 1.54) is 0 Å². The van der Waals surface area contributed by atoms with E-state index in [1.807, 2.05) is 0 Å². The van der Waals surface area contributed by atoms with Gasteiger partial charge in [-0.3, -0.25) is 4.79 Å². The molecule has 2 rings (SSSR count). The van der Waals surface area contributed by atoms with Crippen molar-refractivity contribution in [2.24, 2.45) is 17.1 Å². The molecule has 1 unspecified atom stereocenters. The molecule has 4 heteroatoms. The summed E-state index contributed by atoms with van der Waals surface area (Å²) < 4.78 is 5.15. The summed E-state index contributed by atoms with van der Waals surface area (Å²) in [6, 6.07) is 0. The van der Waals surface area contributed by atoms with Crippen molar-refractivity contribution in [1.82, 2.24) is 4.90 Å². The molecule has 0 aromatic heterocycles. The number of ketones is 1. The number of ether oxygens (including phenoxy) is 1. The van der Waals surface area contributed by atoms with E-state index in [0.29, 0.717) is 25.5 Å². The van der Waals surface area contributed by atoms with E-state index >= 15 is 0 Å². The minimum Gasteiger partial charge on any atom is -0.379 e. The number of carbonyl (C=O) groups excluding carboxylic acids is 1. The van der Waals surface area contributed by atoms with Crippen LogP contribution in [0.3, 0.4) is 0 Å². The second-order valence-electron chi connectivity index (χ2n) is 4.94. The van der Waals surface area contributed by atoms with Gasteiger partial charge in [0.1, 0.15) is 5.78 Å². The number of carbonyl (C=O) groups is 1. The highest BCUT2D eigenvalue weighted by molar-refractivity contribution is 5.88. The molecule has 2 aliphatic rings. The van der Waals surface area contributed by atoms with Crippen molar-refractivity contribution in [2.45, 2.75) is 12.8 Å². The Hall–Kier alpha value is -0.450. The monoisotopic (exact) mass is 212 g/mol. The Morgan fingerprint density at radius 2 is 2.33 bits per heavy atom. The summed E-state index contributed by atoms with van der Waals surface area (Å²) >= 11 is 0. The highest BCUT2D eigenvalue weighted by Crippen LogP contribution is 2.33. The predicted molar refractivity (Wildman–Crippen MR) is 57.5 cm³/mol. The first-order chi connectivity index (χ1) is 7.18. The zero-order valence-electron chi connectivity index (χ0n) is 9.37. The zero-order chi connectivity index (χ0) is 10.9.